The average molecular weight is 494 g/mol. The molecule has 1 atom stereocenters. The molecule has 5 heterocycles. The average Bonchev–Trinajstić information content (AvgIpc) is 3.64. The Labute approximate surface area is 204 Å². The third-order valence-electron chi connectivity index (χ3n) is 5.42. The summed E-state index contributed by atoms with van der Waals surface area (Å²) in [4.78, 5) is 30.1. The van der Waals surface area contributed by atoms with Crippen LogP contribution in [0.25, 0.3) is 5.82 Å². The van der Waals surface area contributed by atoms with Crippen molar-refractivity contribution in [3.8, 4) is 5.82 Å². The minimum Gasteiger partial charge on any atom is -0.467 e. The third kappa shape index (κ3) is 4.47. The van der Waals surface area contributed by atoms with Crippen LogP contribution in [0.4, 0.5) is 0 Å². The van der Waals surface area contributed by atoms with Crippen LogP contribution in [0.15, 0.2) is 68.9 Å². The highest BCUT2D eigenvalue weighted by atomic mass is 35.5. The molecule has 0 saturated carbocycles. The Bertz CT molecular complexity index is 1410. The van der Waals surface area contributed by atoms with E-state index in [1.807, 2.05) is 19.9 Å². The number of halogens is 1. The standard InChI is InChI=1S/C24H20ClN5O5/c1-14-11-15(2)29(27-14)21-8-7-16(25)23(26-21)24(32)35-13-22(31)30-18(20-6-4-10-34-20)12-17(28-30)19-5-3-9-33-19/h3-11,18H,12-13H2,1-2H3. The molecule has 4 aromatic heterocycles. The zero-order valence-electron chi connectivity index (χ0n) is 18.8. The third-order valence-corrected chi connectivity index (χ3v) is 5.73. The van der Waals surface area contributed by atoms with Crippen molar-refractivity contribution in [2.24, 2.45) is 5.10 Å². The molecular formula is C24H20ClN5O5. The first-order chi connectivity index (χ1) is 16.9. The number of pyridine rings is 1. The van der Waals surface area contributed by atoms with Gasteiger partial charge < -0.3 is 13.6 Å². The van der Waals surface area contributed by atoms with E-state index in [1.54, 1.807) is 35.0 Å². The van der Waals surface area contributed by atoms with Gasteiger partial charge in [0.1, 0.15) is 23.3 Å². The molecule has 4 aromatic rings. The molecule has 178 valence electrons. The lowest BCUT2D eigenvalue weighted by molar-refractivity contribution is -0.136. The molecule has 10 nitrogen and oxygen atoms in total. The van der Waals surface area contributed by atoms with Crippen LogP contribution in [0, 0.1) is 13.8 Å². The maximum Gasteiger partial charge on any atom is 0.359 e. The second-order valence-electron chi connectivity index (χ2n) is 7.91. The summed E-state index contributed by atoms with van der Waals surface area (Å²) in [6.45, 7) is 3.16. The Morgan fingerprint density at radius 1 is 1.14 bits per heavy atom. The van der Waals surface area contributed by atoms with Crippen molar-refractivity contribution in [2.75, 3.05) is 6.61 Å². The van der Waals surface area contributed by atoms with Gasteiger partial charge in [-0.3, -0.25) is 4.79 Å². The van der Waals surface area contributed by atoms with Gasteiger partial charge in [0.05, 0.1) is 23.2 Å². The van der Waals surface area contributed by atoms with E-state index in [-0.39, 0.29) is 10.7 Å². The highest BCUT2D eigenvalue weighted by Crippen LogP contribution is 2.33. The molecular weight excluding hydrogens is 474 g/mol. The molecule has 11 heteroatoms. The number of rotatable bonds is 6. The van der Waals surface area contributed by atoms with Crippen LogP contribution >= 0.6 is 11.6 Å². The predicted octanol–water partition coefficient (Wildman–Crippen LogP) is 4.26. The van der Waals surface area contributed by atoms with Crippen molar-refractivity contribution in [3.63, 3.8) is 0 Å². The second kappa shape index (κ2) is 9.22. The van der Waals surface area contributed by atoms with E-state index < -0.39 is 24.5 Å². The van der Waals surface area contributed by atoms with Gasteiger partial charge in [0.2, 0.25) is 0 Å². The van der Waals surface area contributed by atoms with Gasteiger partial charge in [0.25, 0.3) is 5.91 Å². The van der Waals surface area contributed by atoms with Crippen LogP contribution in [0.3, 0.4) is 0 Å². The van der Waals surface area contributed by atoms with E-state index in [1.165, 1.54) is 23.6 Å². The van der Waals surface area contributed by atoms with Crippen LogP contribution in [0.5, 0.6) is 0 Å². The lowest BCUT2D eigenvalue weighted by Gasteiger charge is -2.19. The topological polar surface area (TPSA) is 116 Å². The number of aromatic nitrogens is 3. The molecule has 1 amide bonds. The van der Waals surface area contributed by atoms with Crippen molar-refractivity contribution in [3.05, 3.63) is 88.6 Å². The van der Waals surface area contributed by atoms with Crippen LogP contribution in [0.2, 0.25) is 5.02 Å². The zero-order valence-corrected chi connectivity index (χ0v) is 19.6. The lowest BCUT2D eigenvalue weighted by Crippen LogP contribution is -2.31. The number of aryl methyl sites for hydroxylation is 2. The minimum atomic E-state index is -0.837. The summed E-state index contributed by atoms with van der Waals surface area (Å²) in [5, 5.41) is 10.1. The van der Waals surface area contributed by atoms with Crippen molar-refractivity contribution >= 4 is 29.2 Å². The number of hydrazone groups is 1. The summed E-state index contributed by atoms with van der Waals surface area (Å²) in [7, 11) is 0. The van der Waals surface area contributed by atoms with Gasteiger partial charge in [-0.15, -0.1) is 0 Å². The molecule has 0 aromatic carbocycles. The minimum absolute atomic E-state index is 0.0977. The van der Waals surface area contributed by atoms with Crippen molar-refractivity contribution in [1.82, 2.24) is 19.8 Å². The van der Waals surface area contributed by atoms with Gasteiger partial charge in [0, 0.05) is 12.1 Å². The number of furan rings is 2. The Morgan fingerprint density at radius 3 is 2.63 bits per heavy atom. The fourth-order valence-corrected chi connectivity index (χ4v) is 4.03. The normalized spacial score (nSPS) is 15.3. The molecule has 0 fully saturated rings. The highest BCUT2D eigenvalue weighted by molar-refractivity contribution is 6.33. The lowest BCUT2D eigenvalue weighted by atomic mass is 10.1. The maximum absolute atomic E-state index is 13.0. The van der Waals surface area contributed by atoms with E-state index in [0.717, 1.165) is 11.4 Å². The molecule has 0 bridgehead atoms. The Hall–Kier alpha value is -4.18. The molecule has 1 aliphatic heterocycles. The number of nitrogens with zero attached hydrogens (tertiary/aromatic N) is 5. The van der Waals surface area contributed by atoms with Crippen LogP contribution in [-0.4, -0.2) is 44.0 Å². The highest BCUT2D eigenvalue weighted by Gasteiger charge is 2.36. The molecule has 1 aliphatic rings. The van der Waals surface area contributed by atoms with Gasteiger partial charge in [0.15, 0.2) is 18.1 Å². The van der Waals surface area contributed by atoms with Gasteiger partial charge in [-0.05, 0) is 56.3 Å². The van der Waals surface area contributed by atoms with E-state index in [9.17, 15) is 9.59 Å². The molecule has 0 saturated heterocycles. The molecule has 35 heavy (non-hydrogen) atoms. The number of hydrogen-bond acceptors (Lipinski definition) is 8. The van der Waals surface area contributed by atoms with Gasteiger partial charge in [-0.1, -0.05) is 11.6 Å². The monoisotopic (exact) mass is 493 g/mol. The fourth-order valence-electron chi connectivity index (χ4n) is 3.85. The number of hydrogen-bond donors (Lipinski definition) is 0. The smallest absolute Gasteiger partial charge is 0.359 e. The quantitative estimate of drug-likeness (QED) is 0.368. The summed E-state index contributed by atoms with van der Waals surface area (Å²) in [6, 6.07) is 11.6. The molecule has 0 radical (unpaired) electrons. The van der Waals surface area contributed by atoms with Gasteiger partial charge in [-0.25, -0.2) is 19.5 Å². The Balaban J connectivity index is 1.33. The summed E-state index contributed by atoms with van der Waals surface area (Å²) < 4.78 is 17.8. The largest absolute Gasteiger partial charge is 0.467 e. The molecule has 0 N–H and O–H groups in total. The van der Waals surface area contributed by atoms with Crippen LogP contribution < -0.4 is 0 Å². The van der Waals surface area contributed by atoms with E-state index >= 15 is 0 Å². The number of carbonyl (C=O) groups excluding carboxylic acids is 2. The molecule has 0 spiro atoms. The number of ether oxygens (including phenoxy) is 1. The maximum atomic E-state index is 13.0. The molecule has 1 unspecified atom stereocenters. The first-order valence-corrected chi connectivity index (χ1v) is 11.1. The van der Waals surface area contributed by atoms with E-state index in [0.29, 0.717) is 29.5 Å². The fraction of sp³-hybridized carbons (Fsp3) is 0.208. The molecule has 5 rings (SSSR count). The Kier molecular flexibility index (Phi) is 5.96. The number of esters is 1. The summed E-state index contributed by atoms with van der Waals surface area (Å²) in [5.74, 6) is 0.134. The van der Waals surface area contributed by atoms with Crippen molar-refractivity contribution in [2.45, 2.75) is 26.3 Å². The van der Waals surface area contributed by atoms with Crippen molar-refractivity contribution < 1.29 is 23.2 Å². The summed E-state index contributed by atoms with van der Waals surface area (Å²) in [5.41, 5.74) is 2.11. The SMILES string of the molecule is Cc1cc(C)n(-c2ccc(Cl)c(C(=O)OCC(=O)N3N=C(c4ccco4)CC3c3ccco3)n2)n1. The summed E-state index contributed by atoms with van der Waals surface area (Å²) in [6.07, 6.45) is 3.44. The van der Waals surface area contributed by atoms with Gasteiger partial charge in [-0.2, -0.15) is 10.2 Å². The Morgan fingerprint density at radius 2 is 1.94 bits per heavy atom. The predicted molar refractivity (Wildman–Crippen MR) is 124 cm³/mol. The zero-order chi connectivity index (χ0) is 24.5. The molecule has 0 aliphatic carbocycles. The van der Waals surface area contributed by atoms with Gasteiger partial charge >= 0.3 is 5.97 Å². The second-order valence-corrected chi connectivity index (χ2v) is 8.32. The van der Waals surface area contributed by atoms with E-state index in [2.05, 4.69) is 15.2 Å². The number of carbonyl (C=O) groups is 2. The van der Waals surface area contributed by atoms with Crippen molar-refractivity contribution in [1.29, 1.82) is 0 Å². The van der Waals surface area contributed by atoms with Crippen LogP contribution in [0.1, 0.15) is 45.9 Å². The van der Waals surface area contributed by atoms with Crippen LogP contribution in [-0.2, 0) is 9.53 Å². The first kappa shape index (κ1) is 22.6. The summed E-state index contributed by atoms with van der Waals surface area (Å²) >= 11 is 6.20. The first-order valence-electron chi connectivity index (χ1n) is 10.7. The van der Waals surface area contributed by atoms with E-state index in [4.69, 9.17) is 25.2 Å². The number of amides is 1.